The predicted octanol–water partition coefficient (Wildman–Crippen LogP) is 18.0. The highest BCUT2D eigenvalue weighted by Gasteiger charge is 2.64. The third-order valence-electron chi connectivity index (χ3n) is 29.0. The molecular formula is C73H125N3O3. The van der Waals surface area contributed by atoms with Gasteiger partial charge in [-0.2, -0.15) is 0 Å². The molecule has 12 rings (SSSR count). The molecule has 0 aromatic heterocycles. The van der Waals surface area contributed by atoms with Gasteiger partial charge in [0, 0.05) is 53.0 Å². The van der Waals surface area contributed by atoms with Gasteiger partial charge in [-0.15, -0.1) is 0 Å². The van der Waals surface area contributed by atoms with Crippen molar-refractivity contribution in [1.82, 2.24) is 0 Å². The summed E-state index contributed by atoms with van der Waals surface area (Å²) in [7, 11) is 0. The number of nitrogens with zero attached hydrogens (tertiary/aromatic N) is 3. The number of aliphatic hydroxyl groups is 3. The molecule has 0 aromatic rings. The van der Waals surface area contributed by atoms with Crippen LogP contribution in [-0.4, -0.2) is 68.9 Å². The Bertz CT molecular complexity index is 2100. The van der Waals surface area contributed by atoms with Crippen molar-refractivity contribution in [2.24, 2.45) is 136 Å². The molecule has 0 aromatic carbocycles. The van der Waals surface area contributed by atoms with E-state index in [0.29, 0.717) is 50.6 Å². The molecule has 6 heteroatoms. The van der Waals surface area contributed by atoms with Crippen LogP contribution in [0.5, 0.6) is 0 Å². The fourth-order valence-electron chi connectivity index (χ4n) is 25.4. The van der Waals surface area contributed by atoms with E-state index in [9.17, 15) is 15.3 Å². The van der Waals surface area contributed by atoms with Crippen molar-refractivity contribution in [2.75, 3.05) is 0 Å². The summed E-state index contributed by atoms with van der Waals surface area (Å²) in [5, 5.41) is 30.6. The minimum Gasteiger partial charge on any atom is -0.393 e. The highest BCUT2D eigenvalue weighted by molar-refractivity contribution is 5.88. The van der Waals surface area contributed by atoms with Crippen LogP contribution in [-0.2, 0) is 0 Å². The van der Waals surface area contributed by atoms with E-state index in [4.69, 9.17) is 15.0 Å². The predicted molar refractivity (Wildman–Crippen MR) is 333 cm³/mol. The standard InChI is InChI=1S/C25H43NO.2C24H41NO/c1-6-23(26-16(2)3)22-10-9-20-19-8-7-17-15-18(27)11-13-24(17,4)21(19)12-14-25(20,22)5;2*1-15(2)25-16(3)20-8-9-21-19-7-6-17-14-18(26)10-12-23(17,4)22(19)11-13-24(20,21)5/h16-22,27H,6-15H2,1-5H3;2*15,17-22,26H,6-14H2,1-5H3/t17-,18+,19-,20-,21-,22+,24-,25-;17-,18+,19+,20-,21+,22+,23+,24-;17-,18-,19-,20+,21-,22-,23-,24+/m010/s1. The van der Waals surface area contributed by atoms with E-state index in [1.165, 1.54) is 152 Å². The lowest BCUT2D eigenvalue weighted by Crippen LogP contribution is -2.54. The minimum atomic E-state index is -0.0244. The molecule has 0 heterocycles. The van der Waals surface area contributed by atoms with Crippen molar-refractivity contribution in [2.45, 2.75) is 320 Å². The highest BCUT2D eigenvalue weighted by Crippen LogP contribution is 2.71. The average Bonchev–Trinajstić information content (AvgIpc) is 3.77. The molecule has 450 valence electrons. The van der Waals surface area contributed by atoms with Crippen LogP contribution >= 0.6 is 0 Å². The monoisotopic (exact) mass is 1090 g/mol. The first-order valence-electron chi connectivity index (χ1n) is 35.0. The zero-order chi connectivity index (χ0) is 56.8. The second-order valence-corrected chi connectivity index (χ2v) is 33.6. The van der Waals surface area contributed by atoms with Crippen LogP contribution in [0.1, 0.15) is 284 Å². The van der Waals surface area contributed by atoms with Gasteiger partial charge in [0.2, 0.25) is 0 Å². The molecule has 24 atom stereocenters. The Labute approximate surface area is 486 Å². The van der Waals surface area contributed by atoms with Crippen LogP contribution in [0, 0.1) is 121 Å². The molecule has 12 aliphatic rings. The molecule has 0 aliphatic heterocycles. The Balaban J connectivity index is 0.000000134. The van der Waals surface area contributed by atoms with Gasteiger partial charge in [-0.1, -0.05) is 48.5 Å². The summed E-state index contributed by atoms with van der Waals surface area (Å²) in [4.78, 5) is 15.0. The highest BCUT2D eigenvalue weighted by atomic mass is 16.3. The van der Waals surface area contributed by atoms with E-state index >= 15 is 0 Å². The Kier molecular flexibility index (Phi) is 18.0. The van der Waals surface area contributed by atoms with Gasteiger partial charge in [-0.05, 0) is 339 Å². The van der Waals surface area contributed by atoms with Gasteiger partial charge >= 0.3 is 0 Å². The van der Waals surface area contributed by atoms with Crippen LogP contribution in [0.15, 0.2) is 15.0 Å². The maximum absolute atomic E-state index is 10.2. The lowest BCUT2D eigenvalue weighted by atomic mass is 9.44. The van der Waals surface area contributed by atoms with Crippen molar-refractivity contribution < 1.29 is 15.3 Å². The number of aliphatic hydroxyl groups excluding tert-OH is 3. The number of aliphatic imine (C=N–C) groups is 3. The first-order chi connectivity index (χ1) is 37.3. The molecule has 12 fully saturated rings. The van der Waals surface area contributed by atoms with Crippen LogP contribution in [0.25, 0.3) is 0 Å². The summed E-state index contributed by atoms with van der Waals surface area (Å²) >= 11 is 0. The zero-order valence-electron chi connectivity index (χ0n) is 54.1. The number of rotatable bonds is 7. The molecule has 0 unspecified atom stereocenters. The largest absolute Gasteiger partial charge is 0.393 e. The molecule has 12 saturated carbocycles. The van der Waals surface area contributed by atoms with Crippen LogP contribution < -0.4 is 0 Å². The van der Waals surface area contributed by atoms with Crippen molar-refractivity contribution in [3.63, 3.8) is 0 Å². The molecule has 0 radical (unpaired) electrons. The SMILES string of the molecule is CC(=NC(C)C)[C@H]1CC[C@H]2[C@@H]3CC[C@@H]4C[C@@H](O)CC[C@]4(C)[C@H]3CC[C@]12C.CC(=NC(C)C)[C@H]1CC[C@H]2[C@@H]3CC[C@H]4C[C@@H](O)CC[C@]4(C)[C@H]3CC[C@]12C.CCC(=NC(C)C)[C@H]1CC[C@H]2[C@@H]3CC[C@H]4C[C@H](O)CC[C@]4(C)[C@H]3CC[C@]12C. The van der Waals surface area contributed by atoms with E-state index in [2.05, 4.69) is 104 Å². The summed E-state index contributed by atoms with van der Waals surface area (Å²) < 4.78 is 0. The summed E-state index contributed by atoms with van der Waals surface area (Å²) in [5.74, 6) is 12.8. The van der Waals surface area contributed by atoms with Gasteiger partial charge in [0.15, 0.2) is 0 Å². The number of hydrogen-bond donors (Lipinski definition) is 3. The van der Waals surface area contributed by atoms with Crippen LogP contribution in [0.3, 0.4) is 0 Å². The summed E-state index contributed by atoms with van der Waals surface area (Å²) in [6.45, 7) is 36.0. The first-order valence-corrected chi connectivity index (χ1v) is 35.0. The summed E-state index contributed by atoms with van der Waals surface area (Å²) in [6.07, 6.45) is 36.5. The fourth-order valence-corrected chi connectivity index (χ4v) is 25.4. The van der Waals surface area contributed by atoms with Gasteiger partial charge in [-0.3, -0.25) is 15.0 Å². The molecule has 0 saturated heterocycles. The van der Waals surface area contributed by atoms with Gasteiger partial charge in [0.1, 0.15) is 0 Å². The van der Waals surface area contributed by atoms with E-state index in [1.54, 1.807) is 0 Å². The molecule has 79 heavy (non-hydrogen) atoms. The zero-order valence-corrected chi connectivity index (χ0v) is 54.1. The average molecular weight is 1090 g/mol. The summed E-state index contributed by atoms with van der Waals surface area (Å²) in [5.41, 5.74) is 7.36. The van der Waals surface area contributed by atoms with Gasteiger partial charge in [-0.25, -0.2) is 0 Å². The van der Waals surface area contributed by atoms with Crippen molar-refractivity contribution in [3.8, 4) is 0 Å². The number of fused-ring (bicyclic) bond motifs is 15. The third-order valence-corrected chi connectivity index (χ3v) is 29.0. The lowest BCUT2D eigenvalue weighted by molar-refractivity contribution is -0.123. The molecule has 12 aliphatic carbocycles. The first kappa shape index (κ1) is 61.0. The van der Waals surface area contributed by atoms with Crippen molar-refractivity contribution >= 4 is 17.1 Å². The van der Waals surface area contributed by atoms with E-state index in [1.807, 2.05) is 0 Å². The molecule has 6 nitrogen and oxygen atoms in total. The topological polar surface area (TPSA) is 97.8 Å². The molecule has 0 bridgehead atoms. The second kappa shape index (κ2) is 23.3. The molecule has 0 spiro atoms. The second-order valence-electron chi connectivity index (χ2n) is 33.6. The van der Waals surface area contributed by atoms with E-state index in [0.717, 1.165) is 134 Å². The fraction of sp³-hybridized carbons (Fsp3) is 0.959. The maximum atomic E-state index is 10.2. The Morgan fingerprint density at radius 1 is 0.354 bits per heavy atom. The third kappa shape index (κ3) is 10.9. The van der Waals surface area contributed by atoms with Crippen LogP contribution in [0.4, 0.5) is 0 Å². The number of hydrogen-bond acceptors (Lipinski definition) is 6. The molecule has 0 amide bonds. The minimum absolute atomic E-state index is 0.0239. The summed E-state index contributed by atoms with van der Waals surface area (Å²) in [6, 6.07) is 1.29. The maximum Gasteiger partial charge on any atom is 0.0543 e. The molecular weight excluding hydrogens is 967 g/mol. The normalized spacial score (nSPS) is 51.2. The van der Waals surface area contributed by atoms with Crippen LogP contribution in [0.2, 0.25) is 0 Å². The Morgan fingerprint density at radius 2 is 0.633 bits per heavy atom. The molecule has 3 N–H and O–H groups in total. The Hall–Kier alpha value is -1.11. The van der Waals surface area contributed by atoms with Crippen molar-refractivity contribution in [1.29, 1.82) is 0 Å². The lowest BCUT2D eigenvalue weighted by Gasteiger charge is -2.61. The van der Waals surface area contributed by atoms with E-state index in [-0.39, 0.29) is 18.3 Å². The smallest absolute Gasteiger partial charge is 0.0543 e. The van der Waals surface area contributed by atoms with Gasteiger partial charge in [0.25, 0.3) is 0 Å². The van der Waals surface area contributed by atoms with Gasteiger partial charge < -0.3 is 15.3 Å². The van der Waals surface area contributed by atoms with Crippen molar-refractivity contribution in [3.05, 3.63) is 0 Å². The Morgan fingerprint density at radius 3 is 0.937 bits per heavy atom. The van der Waals surface area contributed by atoms with Gasteiger partial charge in [0.05, 0.1) is 18.3 Å². The van der Waals surface area contributed by atoms with E-state index < -0.39 is 0 Å². The quantitative estimate of drug-likeness (QED) is 0.222.